The SMILES string of the molecule is CC1CN(CCOCCN)CCO1. The molecule has 0 amide bonds. The molecule has 0 radical (unpaired) electrons. The van der Waals surface area contributed by atoms with E-state index in [9.17, 15) is 0 Å². The van der Waals surface area contributed by atoms with Gasteiger partial charge < -0.3 is 15.2 Å². The number of hydrogen-bond acceptors (Lipinski definition) is 4. The lowest BCUT2D eigenvalue weighted by Crippen LogP contribution is -2.42. The Kier molecular flexibility index (Phi) is 5.31. The van der Waals surface area contributed by atoms with Gasteiger partial charge >= 0.3 is 0 Å². The maximum atomic E-state index is 5.43. The summed E-state index contributed by atoms with van der Waals surface area (Å²) >= 11 is 0. The monoisotopic (exact) mass is 188 g/mol. The molecule has 1 unspecified atom stereocenters. The lowest BCUT2D eigenvalue weighted by Gasteiger charge is -2.30. The second kappa shape index (κ2) is 6.32. The van der Waals surface area contributed by atoms with Crippen LogP contribution < -0.4 is 5.73 Å². The van der Waals surface area contributed by atoms with Crippen molar-refractivity contribution < 1.29 is 9.47 Å². The van der Waals surface area contributed by atoms with Crippen LogP contribution >= 0.6 is 0 Å². The van der Waals surface area contributed by atoms with Crippen molar-refractivity contribution in [3.05, 3.63) is 0 Å². The maximum absolute atomic E-state index is 5.43. The van der Waals surface area contributed by atoms with Crippen LogP contribution in [0.25, 0.3) is 0 Å². The van der Waals surface area contributed by atoms with Gasteiger partial charge in [-0.3, -0.25) is 4.90 Å². The van der Waals surface area contributed by atoms with Gasteiger partial charge in [-0.15, -0.1) is 0 Å². The Morgan fingerprint density at radius 3 is 3.08 bits per heavy atom. The number of nitrogens with zero attached hydrogens (tertiary/aromatic N) is 1. The molecule has 1 aliphatic rings. The van der Waals surface area contributed by atoms with E-state index >= 15 is 0 Å². The summed E-state index contributed by atoms with van der Waals surface area (Å²) in [5.41, 5.74) is 5.31. The molecule has 4 heteroatoms. The Bertz CT molecular complexity index is 133. The lowest BCUT2D eigenvalue weighted by molar-refractivity contribution is -0.0266. The zero-order chi connectivity index (χ0) is 9.52. The van der Waals surface area contributed by atoms with Crippen LogP contribution in [0.4, 0.5) is 0 Å². The third-order valence-electron chi connectivity index (χ3n) is 2.14. The first-order chi connectivity index (χ1) is 6.33. The van der Waals surface area contributed by atoms with Gasteiger partial charge in [-0.1, -0.05) is 0 Å². The molecule has 1 atom stereocenters. The van der Waals surface area contributed by atoms with Gasteiger partial charge in [0.15, 0.2) is 0 Å². The average Bonchev–Trinajstić information content (AvgIpc) is 2.13. The predicted molar refractivity (Wildman–Crippen MR) is 51.7 cm³/mol. The Morgan fingerprint density at radius 1 is 1.54 bits per heavy atom. The molecular formula is C9H20N2O2. The second-order valence-corrected chi connectivity index (χ2v) is 3.38. The van der Waals surface area contributed by atoms with E-state index in [2.05, 4.69) is 11.8 Å². The first-order valence-corrected chi connectivity index (χ1v) is 4.94. The normalized spacial score (nSPS) is 24.9. The second-order valence-electron chi connectivity index (χ2n) is 3.38. The predicted octanol–water partition coefficient (Wildman–Crippen LogP) is -0.318. The molecule has 4 nitrogen and oxygen atoms in total. The van der Waals surface area contributed by atoms with Crippen LogP contribution in [0, 0.1) is 0 Å². The summed E-state index contributed by atoms with van der Waals surface area (Å²) in [5.74, 6) is 0. The Morgan fingerprint density at radius 2 is 2.38 bits per heavy atom. The van der Waals surface area contributed by atoms with Crippen molar-refractivity contribution in [3.63, 3.8) is 0 Å². The number of rotatable bonds is 5. The van der Waals surface area contributed by atoms with Crippen LogP contribution in [-0.4, -0.2) is 57.0 Å². The van der Waals surface area contributed by atoms with E-state index in [4.69, 9.17) is 15.2 Å². The molecule has 13 heavy (non-hydrogen) atoms. The molecule has 0 aromatic heterocycles. The van der Waals surface area contributed by atoms with Gasteiger partial charge in [0.05, 0.1) is 25.9 Å². The smallest absolute Gasteiger partial charge is 0.0674 e. The zero-order valence-electron chi connectivity index (χ0n) is 8.37. The van der Waals surface area contributed by atoms with Crippen LogP contribution in [0.2, 0.25) is 0 Å². The van der Waals surface area contributed by atoms with Crippen molar-refractivity contribution in [3.8, 4) is 0 Å². The van der Waals surface area contributed by atoms with Gasteiger partial charge in [-0.2, -0.15) is 0 Å². The highest BCUT2D eigenvalue weighted by Gasteiger charge is 2.15. The standard InChI is InChI=1S/C9H20N2O2/c1-9-8-11(4-7-13-9)3-6-12-5-2-10/h9H,2-8,10H2,1H3. The molecule has 1 rings (SSSR count). The molecule has 1 heterocycles. The fourth-order valence-electron chi connectivity index (χ4n) is 1.47. The maximum Gasteiger partial charge on any atom is 0.0674 e. The van der Waals surface area contributed by atoms with Gasteiger partial charge in [0.25, 0.3) is 0 Å². The van der Waals surface area contributed by atoms with E-state index in [1.165, 1.54) is 0 Å². The van der Waals surface area contributed by atoms with Gasteiger partial charge in [0, 0.05) is 26.2 Å². The molecule has 0 aromatic carbocycles. The quantitative estimate of drug-likeness (QED) is 0.601. The summed E-state index contributed by atoms with van der Waals surface area (Å²) in [6, 6.07) is 0. The number of morpholine rings is 1. The molecular weight excluding hydrogens is 168 g/mol. The molecule has 1 aliphatic heterocycles. The van der Waals surface area contributed by atoms with Crippen molar-refractivity contribution >= 4 is 0 Å². The molecule has 78 valence electrons. The Hall–Kier alpha value is -0.160. The van der Waals surface area contributed by atoms with Gasteiger partial charge in [0.2, 0.25) is 0 Å². The minimum atomic E-state index is 0.364. The summed E-state index contributed by atoms with van der Waals surface area (Å²) < 4.78 is 10.7. The largest absolute Gasteiger partial charge is 0.379 e. The molecule has 2 N–H and O–H groups in total. The highest BCUT2D eigenvalue weighted by molar-refractivity contribution is 4.67. The van der Waals surface area contributed by atoms with E-state index in [-0.39, 0.29) is 0 Å². The van der Waals surface area contributed by atoms with Crippen LogP contribution in [-0.2, 0) is 9.47 Å². The van der Waals surface area contributed by atoms with E-state index in [1.807, 2.05) is 0 Å². The molecule has 0 spiro atoms. The molecule has 1 saturated heterocycles. The van der Waals surface area contributed by atoms with E-state index in [0.29, 0.717) is 19.3 Å². The fraction of sp³-hybridized carbons (Fsp3) is 1.00. The molecule has 1 fully saturated rings. The van der Waals surface area contributed by atoms with E-state index in [1.54, 1.807) is 0 Å². The summed E-state index contributed by atoms with van der Waals surface area (Å²) in [5, 5.41) is 0. The van der Waals surface area contributed by atoms with Crippen LogP contribution in [0.5, 0.6) is 0 Å². The molecule has 0 saturated carbocycles. The summed E-state index contributed by atoms with van der Waals surface area (Å²) in [7, 11) is 0. The van der Waals surface area contributed by atoms with Crippen molar-refractivity contribution in [2.45, 2.75) is 13.0 Å². The number of nitrogens with two attached hydrogens (primary N) is 1. The van der Waals surface area contributed by atoms with Crippen LogP contribution in [0.1, 0.15) is 6.92 Å². The first kappa shape index (κ1) is 10.9. The molecule has 0 aromatic rings. The van der Waals surface area contributed by atoms with Crippen molar-refractivity contribution in [2.75, 3.05) is 46.0 Å². The molecule has 0 bridgehead atoms. The van der Waals surface area contributed by atoms with E-state index in [0.717, 1.165) is 32.8 Å². The zero-order valence-corrected chi connectivity index (χ0v) is 8.37. The Labute approximate surface area is 80.0 Å². The summed E-state index contributed by atoms with van der Waals surface area (Å²) in [6.07, 6.45) is 0.364. The van der Waals surface area contributed by atoms with Crippen LogP contribution in [0.3, 0.4) is 0 Å². The number of hydrogen-bond donors (Lipinski definition) is 1. The van der Waals surface area contributed by atoms with Gasteiger partial charge in [-0.25, -0.2) is 0 Å². The number of ether oxygens (including phenoxy) is 2. The highest BCUT2D eigenvalue weighted by Crippen LogP contribution is 2.03. The van der Waals surface area contributed by atoms with Crippen LogP contribution in [0.15, 0.2) is 0 Å². The first-order valence-electron chi connectivity index (χ1n) is 4.94. The lowest BCUT2D eigenvalue weighted by atomic mass is 10.3. The molecule has 0 aliphatic carbocycles. The van der Waals surface area contributed by atoms with Crippen molar-refractivity contribution in [2.24, 2.45) is 5.73 Å². The van der Waals surface area contributed by atoms with Crippen molar-refractivity contribution in [1.29, 1.82) is 0 Å². The Balaban J connectivity index is 2.00. The van der Waals surface area contributed by atoms with Gasteiger partial charge in [0.1, 0.15) is 0 Å². The minimum absolute atomic E-state index is 0.364. The third kappa shape index (κ3) is 4.57. The fourth-order valence-corrected chi connectivity index (χ4v) is 1.47. The average molecular weight is 188 g/mol. The minimum Gasteiger partial charge on any atom is -0.379 e. The van der Waals surface area contributed by atoms with E-state index < -0.39 is 0 Å². The summed E-state index contributed by atoms with van der Waals surface area (Å²) in [6.45, 7) is 8.05. The van der Waals surface area contributed by atoms with Gasteiger partial charge in [-0.05, 0) is 6.92 Å². The topological polar surface area (TPSA) is 47.7 Å². The summed E-state index contributed by atoms with van der Waals surface area (Å²) in [4.78, 5) is 2.37. The van der Waals surface area contributed by atoms with Crippen molar-refractivity contribution in [1.82, 2.24) is 4.90 Å². The third-order valence-corrected chi connectivity index (χ3v) is 2.14. The highest BCUT2D eigenvalue weighted by atomic mass is 16.5.